The molecular weight excluding hydrogens is 356 g/mol. The van der Waals surface area contributed by atoms with Crippen LogP contribution in [-0.4, -0.2) is 36.1 Å². The van der Waals surface area contributed by atoms with Gasteiger partial charge in [0.25, 0.3) is 0 Å². The van der Waals surface area contributed by atoms with Crippen molar-refractivity contribution in [2.75, 3.05) is 23.8 Å². The summed E-state index contributed by atoms with van der Waals surface area (Å²) in [5.41, 5.74) is 1.33. The van der Waals surface area contributed by atoms with Gasteiger partial charge in [-0.3, -0.25) is 4.79 Å². The predicted octanol–water partition coefficient (Wildman–Crippen LogP) is 3.36. The monoisotopic (exact) mass is 375 g/mol. The lowest BCUT2D eigenvalue weighted by Crippen LogP contribution is -2.32. The van der Waals surface area contributed by atoms with Gasteiger partial charge in [-0.25, -0.2) is 13.6 Å². The summed E-state index contributed by atoms with van der Waals surface area (Å²) in [6.07, 6.45) is -0.349. The van der Waals surface area contributed by atoms with E-state index >= 15 is 0 Å². The third-order valence-corrected chi connectivity index (χ3v) is 4.11. The van der Waals surface area contributed by atoms with Crippen LogP contribution in [0.5, 0.6) is 0 Å². The minimum Gasteiger partial charge on any atom is -0.448 e. The Morgan fingerprint density at radius 3 is 2.81 bits per heavy atom. The number of ether oxygens (including phenoxy) is 1. The van der Waals surface area contributed by atoms with Crippen LogP contribution < -0.4 is 10.6 Å². The molecule has 1 atom stereocenters. The molecule has 2 aromatic carbocycles. The van der Waals surface area contributed by atoms with E-state index in [4.69, 9.17) is 4.74 Å². The summed E-state index contributed by atoms with van der Waals surface area (Å²) in [7, 11) is 0. The average Bonchev–Trinajstić information content (AvgIpc) is 3.03. The molecule has 1 aliphatic heterocycles. The molecule has 0 bridgehead atoms. The van der Waals surface area contributed by atoms with Crippen molar-refractivity contribution >= 4 is 23.4 Å². The molecule has 6 nitrogen and oxygen atoms in total. The lowest BCUT2D eigenvalue weighted by atomic mass is 10.1. The minimum atomic E-state index is -0.712. The fourth-order valence-electron chi connectivity index (χ4n) is 2.70. The molecule has 2 amide bonds. The van der Waals surface area contributed by atoms with E-state index in [2.05, 4.69) is 10.6 Å². The van der Waals surface area contributed by atoms with Gasteiger partial charge in [-0.05, 0) is 36.8 Å². The molecule has 3 rings (SSSR count). The van der Waals surface area contributed by atoms with Crippen molar-refractivity contribution < 1.29 is 23.1 Å². The van der Waals surface area contributed by atoms with Crippen molar-refractivity contribution in [3.8, 4) is 0 Å². The number of hydrogen-bond donors (Lipinski definition) is 2. The summed E-state index contributed by atoms with van der Waals surface area (Å²) in [5.74, 6) is -1.86. The van der Waals surface area contributed by atoms with Gasteiger partial charge in [0.2, 0.25) is 5.91 Å². The number of nitrogens with zero attached hydrogens (tertiary/aromatic N) is 1. The van der Waals surface area contributed by atoms with Crippen LogP contribution in [0.4, 0.5) is 25.0 Å². The molecule has 1 saturated heterocycles. The van der Waals surface area contributed by atoms with E-state index in [0.717, 1.165) is 23.8 Å². The first kappa shape index (κ1) is 18.6. The Morgan fingerprint density at radius 1 is 1.26 bits per heavy atom. The number of cyclic esters (lactones) is 1. The summed E-state index contributed by atoms with van der Waals surface area (Å²) in [5, 5.41) is 5.37. The Bertz CT molecular complexity index is 860. The Kier molecular flexibility index (Phi) is 5.54. The molecule has 1 fully saturated rings. The van der Waals surface area contributed by atoms with Crippen molar-refractivity contribution in [1.82, 2.24) is 4.90 Å². The maximum Gasteiger partial charge on any atom is 0.410 e. The Morgan fingerprint density at radius 2 is 2.07 bits per heavy atom. The van der Waals surface area contributed by atoms with Crippen molar-refractivity contribution in [2.24, 2.45) is 0 Å². The van der Waals surface area contributed by atoms with Gasteiger partial charge in [0, 0.05) is 18.3 Å². The molecule has 0 spiro atoms. The molecule has 0 aliphatic carbocycles. The maximum absolute atomic E-state index is 13.7. The van der Waals surface area contributed by atoms with Crippen molar-refractivity contribution in [3.63, 3.8) is 0 Å². The fourth-order valence-corrected chi connectivity index (χ4v) is 2.70. The van der Waals surface area contributed by atoms with Gasteiger partial charge in [0.1, 0.15) is 24.3 Å². The number of hydrogen-bond acceptors (Lipinski definition) is 4. The van der Waals surface area contributed by atoms with Crippen molar-refractivity contribution in [1.29, 1.82) is 0 Å². The molecular formula is C19H19F2N3O3. The highest BCUT2D eigenvalue weighted by molar-refractivity contribution is 5.96. The van der Waals surface area contributed by atoms with E-state index in [1.165, 1.54) is 0 Å². The van der Waals surface area contributed by atoms with Crippen LogP contribution in [0.25, 0.3) is 0 Å². The number of nitrogens with one attached hydrogen (secondary N) is 2. The van der Waals surface area contributed by atoms with Gasteiger partial charge in [-0.2, -0.15) is 0 Å². The van der Waals surface area contributed by atoms with E-state index in [-0.39, 0.29) is 11.8 Å². The van der Waals surface area contributed by atoms with Gasteiger partial charge in [-0.1, -0.05) is 12.1 Å². The lowest BCUT2D eigenvalue weighted by Gasteiger charge is -2.17. The number of halogens is 2. The molecule has 0 radical (unpaired) electrons. The summed E-state index contributed by atoms with van der Waals surface area (Å²) in [4.78, 5) is 25.4. The zero-order valence-corrected chi connectivity index (χ0v) is 14.7. The highest BCUT2D eigenvalue weighted by Gasteiger charge is 2.22. The van der Waals surface area contributed by atoms with Crippen LogP contribution in [-0.2, 0) is 16.1 Å². The first-order chi connectivity index (χ1) is 12.9. The topological polar surface area (TPSA) is 70.7 Å². The average molecular weight is 375 g/mol. The molecule has 1 aliphatic rings. The number of rotatable bonds is 6. The summed E-state index contributed by atoms with van der Waals surface area (Å²) in [6, 6.07) is 9.43. The molecule has 2 aromatic rings. The smallest absolute Gasteiger partial charge is 0.410 e. The molecule has 0 aromatic heterocycles. The van der Waals surface area contributed by atoms with Gasteiger partial charge in [-0.15, -0.1) is 0 Å². The van der Waals surface area contributed by atoms with Crippen LogP contribution in [0.3, 0.4) is 0 Å². The van der Waals surface area contributed by atoms with Crippen LogP contribution >= 0.6 is 0 Å². The second kappa shape index (κ2) is 8.03. The number of carbonyl (C=O) groups excluding carboxylic acids is 2. The molecule has 0 saturated carbocycles. The van der Waals surface area contributed by atoms with E-state index in [1.807, 2.05) is 12.1 Å². The van der Waals surface area contributed by atoms with Gasteiger partial charge in [0.15, 0.2) is 0 Å². The molecule has 0 unspecified atom stereocenters. The zero-order valence-electron chi connectivity index (χ0n) is 14.7. The van der Waals surface area contributed by atoms with Gasteiger partial charge < -0.3 is 20.3 Å². The quantitative estimate of drug-likeness (QED) is 0.812. The number of carbonyl (C=O) groups is 2. The number of benzene rings is 2. The highest BCUT2D eigenvalue weighted by Crippen LogP contribution is 2.18. The fraction of sp³-hybridized carbons (Fsp3) is 0.263. The Labute approximate surface area is 155 Å². The lowest BCUT2D eigenvalue weighted by molar-refractivity contribution is -0.116. The normalized spacial score (nSPS) is 14.6. The largest absolute Gasteiger partial charge is 0.448 e. The van der Waals surface area contributed by atoms with E-state index in [9.17, 15) is 18.4 Å². The second-order valence-electron chi connectivity index (χ2n) is 6.22. The van der Waals surface area contributed by atoms with Gasteiger partial charge in [0.05, 0.1) is 12.2 Å². The van der Waals surface area contributed by atoms with Crippen LogP contribution in [0, 0.1) is 11.6 Å². The van der Waals surface area contributed by atoms with Crippen LogP contribution in [0.2, 0.25) is 0 Å². The minimum absolute atomic E-state index is 0.213. The number of amides is 2. The van der Waals surface area contributed by atoms with Crippen molar-refractivity contribution in [2.45, 2.75) is 19.5 Å². The third-order valence-electron chi connectivity index (χ3n) is 4.11. The van der Waals surface area contributed by atoms with Crippen molar-refractivity contribution in [3.05, 3.63) is 59.7 Å². The van der Waals surface area contributed by atoms with Crippen LogP contribution in [0.1, 0.15) is 12.5 Å². The summed E-state index contributed by atoms with van der Waals surface area (Å²) in [6.45, 7) is 2.93. The molecule has 8 heteroatoms. The number of anilines is 2. The first-order valence-electron chi connectivity index (χ1n) is 8.45. The van der Waals surface area contributed by atoms with Gasteiger partial charge >= 0.3 is 6.09 Å². The maximum atomic E-state index is 13.7. The molecule has 142 valence electrons. The second-order valence-corrected chi connectivity index (χ2v) is 6.22. The SMILES string of the molecule is C[C@H](Nc1cccc(CN2CCOC2=O)c1)C(=O)Nc1cc(F)ccc1F. The standard InChI is InChI=1S/C19H19F2N3O3/c1-12(18(25)23-17-10-14(20)5-6-16(17)21)22-15-4-2-3-13(9-15)11-24-7-8-27-19(24)26/h2-6,9-10,12,22H,7-8,11H2,1H3,(H,23,25)/t12-/m0/s1. The first-order valence-corrected chi connectivity index (χ1v) is 8.45. The zero-order chi connectivity index (χ0) is 19.4. The summed E-state index contributed by atoms with van der Waals surface area (Å²) < 4.78 is 31.8. The molecule has 27 heavy (non-hydrogen) atoms. The van der Waals surface area contributed by atoms with Crippen LogP contribution in [0.15, 0.2) is 42.5 Å². The van der Waals surface area contributed by atoms with E-state index < -0.39 is 23.6 Å². The third kappa shape index (κ3) is 4.72. The Hall–Kier alpha value is -3.16. The highest BCUT2D eigenvalue weighted by atomic mass is 19.1. The van der Waals surface area contributed by atoms with E-state index in [0.29, 0.717) is 25.4 Å². The Balaban J connectivity index is 1.62. The molecule has 2 N–H and O–H groups in total. The van der Waals surface area contributed by atoms with E-state index in [1.54, 1.807) is 24.0 Å². The summed E-state index contributed by atoms with van der Waals surface area (Å²) >= 11 is 0. The predicted molar refractivity (Wildman–Crippen MR) is 96.3 cm³/mol. The molecule has 1 heterocycles.